The highest BCUT2D eigenvalue weighted by atomic mass is 32.1. The summed E-state index contributed by atoms with van der Waals surface area (Å²) in [5, 5.41) is 3.86. The maximum atomic E-state index is 10.9. The van der Waals surface area contributed by atoms with Crippen molar-refractivity contribution >= 4 is 23.3 Å². The fourth-order valence-electron chi connectivity index (χ4n) is 0.753. The third kappa shape index (κ3) is 2.71. The number of carbonyl (C=O) groups excluding carboxylic acids is 2. The molecule has 5 heteroatoms. The van der Waals surface area contributed by atoms with Gasteiger partial charge in [-0.05, 0) is 11.4 Å². The average Bonchev–Trinajstić information content (AvgIpc) is 2.37. The highest BCUT2D eigenvalue weighted by molar-refractivity contribution is 7.10. The Morgan fingerprint density at radius 3 is 2.83 bits per heavy atom. The second-order valence-corrected chi connectivity index (χ2v) is 3.20. The fraction of sp³-hybridized carbons (Fsp3) is 0.143. The van der Waals surface area contributed by atoms with Crippen LogP contribution in [0.3, 0.4) is 0 Å². The number of carbonyl (C=O) groups is 2. The highest BCUT2D eigenvalue weighted by Crippen LogP contribution is 2.08. The first-order chi connectivity index (χ1) is 5.68. The summed E-state index contributed by atoms with van der Waals surface area (Å²) in [4.78, 5) is 22.1. The average molecular weight is 184 g/mol. The van der Waals surface area contributed by atoms with Gasteiger partial charge in [-0.1, -0.05) is 6.07 Å². The molecule has 0 aliphatic heterocycles. The number of hydrogen-bond acceptors (Lipinski definition) is 3. The van der Waals surface area contributed by atoms with Gasteiger partial charge >= 0.3 is 6.03 Å². The fourth-order valence-corrected chi connectivity index (χ4v) is 1.46. The van der Waals surface area contributed by atoms with Gasteiger partial charge in [0.2, 0.25) is 5.91 Å². The molecule has 0 saturated heterocycles. The molecule has 0 unspecified atom stereocenters. The molecule has 0 aromatic carbocycles. The van der Waals surface area contributed by atoms with Gasteiger partial charge in [0.25, 0.3) is 0 Å². The summed E-state index contributed by atoms with van der Waals surface area (Å²) >= 11 is 1.47. The molecule has 1 rings (SSSR count). The smallest absolute Gasteiger partial charge is 0.318 e. The van der Waals surface area contributed by atoms with E-state index in [1.54, 1.807) is 0 Å². The van der Waals surface area contributed by atoms with E-state index in [4.69, 9.17) is 5.73 Å². The molecule has 0 radical (unpaired) electrons. The van der Waals surface area contributed by atoms with Crippen LogP contribution in [-0.2, 0) is 11.2 Å². The van der Waals surface area contributed by atoms with Crippen LogP contribution in [0.2, 0.25) is 0 Å². The first-order valence-corrected chi connectivity index (χ1v) is 4.18. The molecule has 1 aromatic rings. The minimum atomic E-state index is -0.809. The number of rotatable bonds is 2. The molecule has 4 nitrogen and oxygen atoms in total. The molecule has 0 saturated carbocycles. The third-order valence-electron chi connectivity index (χ3n) is 1.18. The predicted octanol–water partition coefficient (Wildman–Crippen LogP) is 0.485. The zero-order valence-electron chi connectivity index (χ0n) is 6.24. The normalized spacial score (nSPS) is 9.33. The first-order valence-electron chi connectivity index (χ1n) is 3.30. The van der Waals surface area contributed by atoms with Gasteiger partial charge in [-0.15, -0.1) is 11.3 Å². The van der Waals surface area contributed by atoms with Crippen molar-refractivity contribution in [2.75, 3.05) is 0 Å². The van der Waals surface area contributed by atoms with Crippen LogP contribution in [-0.4, -0.2) is 11.9 Å². The summed E-state index contributed by atoms with van der Waals surface area (Å²) in [6.45, 7) is 0. The minimum Gasteiger partial charge on any atom is -0.351 e. The van der Waals surface area contributed by atoms with Gasteiger partial charge in [-0.2, -0.15) is 0 Å². The van der Waals surface area contributed by atoms with E-state index in [2.05, 4.69) is 0 Å². The van der Waals surface area contributed by atoms with Crippen LogP contribution in [0.25, 0.3) is 0 Å². The van der Waals surface area contributed by atoms with E-state index < -0.39 is 6.03 Å². The van der Waals surface area contributed by atoms with E-state index in [0.29, 0.717) is 0 Å². The number of nitrogens with one attached hydrogen (secondary N) is 1. The van der Waals surface area contributed by atoms with Crippen molar-refractivity contribution in [3.8, 4) is 0 Å². The molecule has 1 heterocycles. The largest absolute Gasteiger partial charge is 0.351 e. The van der Waals surface area contributed by atoms with Gasteiger partial charge in [0.05, 0.1) is 6.42 Å². The zero-order valence-corrected chi connectivity index (χ0v) is 7.06. The summed E-state index contributed by atoms with van der Waals surface area (Å²) in [5.41, 5.74) is 4.75. The molecule has 0 atom stereocenters. The van der Waals surface area contributed by atoms with Crippen molar-refractivity contribution in [1.82, 2.24) is 5.32 Å². The maximum absolute atomic E-state index is 10.9. The van der Waals surface area contributed by atoms with Gasteiger partial charge in [0, 0.05) is 4.88 Å². The Labute approximate surface area is 73.4 Å². The number of urea groups is 1. The Hall–Kier alpha value is -1.36. The summed E-state index contributed by atoms with van der Waals surface area (Å²) in [5.74, 6) is -0.370. The molecule has 3 N–H and O–H groups in total. The number of nitrogens with two attached hydrogens (primary N) is 1. The summed E-state index contributed by atoms with van der Waals surface area (Å²) < 4.78 is 0. The number of amides is 3. The second-order valence-electron chi connectivity index (χ2n) is 2.17. The maximum Gasteiger partial charge on any atom is 0.318 e. The Bertz CT molecular complexity index is 282. The first kappa shape index (κ1) is 8.73. The molecule has 0 fully saturated rings. The molecule has 64 valence electrons. The Morgan fingerprint density at radius 1 is 1.58 bits per heavy atom. The minimum absolute atomic E-state index is 0.209. The van der Waals surface area contributed by atoms with Gasteiger partial charge in [-0.3, -0.25) is 10.1 Å². The van der Waals surface area contributed by atoms with Crippen LogP contribution in [0.4, 0.5) is 4.79 Å². The van der Waals surface area contributed by atoms with Crippen LogP contribution in [0, 0.1) is 0 Å². The quantitative estimate of drug-likeness (QED) is 0.701. The summed E-state index contributed by atoms with van der Waals surface area (Å²) in [6.07, 6.45) is 0.209. The van der Waals surface area contributed by atoms with Crippen LogP contribution in [0.5, 0.6) is 0 Å². The standard InChI is InChI=1S/C7H8N2O2S/c8-7(11)9-6(10)4-5-2-1-3-12-5/h1-3H,4H2,(H3,8,9,10,11). The van der Waals surface area contributed by atoms with Crippen LogP contribution < -0.4 is 11.1 Å². The SMILES string of the molecule is NC(=O)NC(=O)Cc1cccs1. The monoisotopic (exact) mass is 184 g/mol. The zero-order chi connectivity index (χ0) is 8.97. The molecule has 0 aliphatic carbocycles. The van der Waals surface area contributed by atoms with E-state index in [9.17, 15) is 9.59 Å². The van der Waals surface area contributed by atoms with Crippen molar-refractivity contribution in [3.05, 3.63) is 22.4 Å². The molecule has 12 heavy (non-hydrogen) atoms. The Kier molecular flexibility index (Phi) is 2.82. The molecule has 0 aliphatic rings. The lowest BCUT2D eigenvalue weighted by atomic mass is 10.3. The van der Waals surface area contributed by atoms with E-state index in [1.807, 2.05) is 22.8 Å². The Morgan fingerprint density at radius 2 is 2.33 bits per heavy atom. The van der Waals surface area contributed by atoms with Gasteiger partial charge in [-0.25, -0.2) is 4.79 Å². The number of imide groups is 1. The van der Waals surface area contributed by atoms with Crippen molar-refractivity contribution in [2.45, 2.75) is 6.42 Å². The van der Waals surface area contributed by atoms with Crippen LogP contribution in [0.15, 0.2) is 17.5 Å². The molecule has 1 aromatic heterocycles. The number of thiophene rings is 1. The van der Waals surface area contributed by atoms with Crippen molar-refractivity contribution in [2.24, 2.45) is 5.73 Å². The van der Waals surface area contributed by atoms with E-state index >= 15 is 0 Å². The molecule has 0 spiro atoms. The summed E-state index contributed by atoms with van der Waals surface area (Å²) in [7, 11) is 0. The van der Waals surface area contributed by atoms with Gasteiger partial charge in [0.1, 0.15) is 0 Å². The topological polar surface area (TPSA) is 72.2 Å². The second kappa shape index (κ2) is 3.87. The van der Waals surface area contributed by atoms with E-state index in [1.165, 1.54) is 11.3 Å². The lowest BCUT2D eigenvalue weighted by molar-refractivity contribution is -0.119. The molecular formula is C7H8N2O2S. The Balaban J connectivity index is 2.42. The van der Waals surface area contributed by atoms with Crippen molar-refractivity contribution < 1.29 is 9.59 Å². The van der Waals surface area contributed by atoms with E-state index in [0.717, 1.165) is 4.88 Å². The lowest BCUT2D eigenvalue weighted by Crippen LogP contribution is -2.35. The summed E-state index contributed by atoms with van der Waals surface area (Å²) in [6, 6.07) is 2.86. The molecule has 0 bridgehead atoms. The molecular weight excluding hydrogens is 176 g/mol. The van der Waals surface area contributed by atoms with Crippen molar-refractivity contribution in [1.29, 1.82) is 0 Å². The lowest BCUT2D eigenvalue weighted by Gasteiger charge is -1.96. The predicted molar refractivity (Wildman–Crippen MR) is 45.7 cm³/mol. The van der Waals surface area contributed by atoms with Gasteiger partial charge in [0.15, 0.2) is 0 Å². The van der Waals surface area contributed by atoms with Crippen LogP contribution >= 0.6 is 11.3 Å². The molecule has 3 amide bonds. The number of primary amides is 1. The number of hydrogen-bond donors (Lipinski definition) is 2. The third-order valence-corrected chi connectivity index (χ3v) is 2.05. The van der Waals surface area contributed by atoms with Crippen molar-refractivity contribution in [3.63, 3.8) is 0 Å². The highest BCUT2D eigenvalue weighted by Gasteiger charge is 2.05. The van der Waals surface area contributed by atoms with Crippen LogP contribution in [0.1, 0.15) is 4.88 Å². The van der Waals surface area contributed by atoms with Gasteiger partial charge < -0.3 is 5.73 Å². The van der Waals surface area contributed by atoms with E-state index in [-0.39, 0.29) is 12.3 Å².